The van der Waals surface area contributed by atoms with Gasteiger partial charge < -0.3 is 9.47 Å². The molecule has 0 aliphatic carbocycles. The zero-order chi connectivity index (χ0) is 16.7. The second-order valence-corrected chi connectivity index (χ2v) is 7.27. The maximum atomic E-state index is 13.2. The molecule has 0 saturated carbocycles. The monoisotopic (exact) mass is 324 g/mol. The van der Waals surface area contributed by atoms with Gasteiger partial charge in [0.2, 0.25) is 5.91 Å². The molecule has 3 unspecified atom stereocenters. The third kappa shape index (κ3) is 2.62. The number of hydrogen-bond donors (Lipinski definition) is 0. The molecule has 2 aromatic rings. The molecule has 3 heterocycles. The smallest absolute Gasteiger partial charge is 0.228 e. The van der Waals surface area contributed by atoms with Gasteiger partial charge in [-0.15, -0.1) is 10.2 Å². The summed E-state index contributed by atoms with van der Waals surface area (Å²) in [5.74, 6) is 2.83. The molecule has 4 rings (SSSR count). The second kappa shape index (κ2) is 6.04. The van der Waals surface area contributed by atoms with Gasteiger partial charge in [-0.25, -0.2) is 0 Å². The standard InChI is InChI=1S/C19H24N4O/c1-13-10-17(15-6-4-3-5-7-15)23(11-13)19(24)16-8-9-18-21-20-14(2)22(18)12-16/h3-7,13,16-17H,8-12H2,1-2H3. The summed E-state index contributed by atoms with van der Waals surface area (Å²) in [6, 6.07) is 10.7. The SMILES string of the molecule is Cc1nnc2n1CC(C(=O)N1CC(C)CC1c1ccccc1)CC2. The Bertz CT molecular complexity index is 739. The van der Waals surface area contributed by atoms with Gasteiger partial charge in [-0.05, 0) is 31.2 Å². The number of benzene rings is 1. The number of likely N-dealkylation sites (tertiary alicyclic amines) is 1. The van der Waals surface area contributed by atoms with Gasteiger partial charge in [0.05, 0.1) is 12.0 Å². The maximum Gasteiger partial charge on any atom is 0.228 e. The van der Waals surface area contributed by atoms with Gasteiger partial charge in [-0.3, -0.25) is 4.79 Å². The average Bonchev–Trinajstić information content (AvgIpc) is 3.18. The molecule has 24 heavy (non-hydrogen) atoms. The first kappa shape index (κ1) is 15.4. The quantitative estimate of drug-likeness (QED) is 0.853. The minimum Gasteiger partial charge on any atom is -0.335 e. The van der Waals surface area contributed by atoms with Gasteiger partial charge in [-0.2, -0.15) is 0 Å². The van der Waals surface area contributed by atoms with E-state index in [1.54, 1.807) is 0 Å². The van der Waals surface area contributed by atoms with Crippen molar-refractivity contribution in [2.75, 3.05) is 6.54 Å². The van der Waals surface area contributed by atoms with Crippen LogP contribution in [0.3, 0.4) is 0 Å². The lowest BCUT2D eigenvalue weighted by molar-refractivity contribution is -0.137. The maximum absolute atomic E-state index is 13.2. The number of amides is 1. The molecule has 5 heteroatoms. The molecule has 1 amide bonds. The van der Waals surface area contributed by atoms with E-state index in [0.29, 0.717) is 11.8 Å². The largest absolute Gasteiger partial charge is 0.335 e. The van der Waals surface area contributed by atoms with Crippen molar-refractivity contribution in [3.63, 3.8) is 0 Å². The number of carbonyl (C=O) groups excluding carboxylic acids is 1. The van der Waals surface area contributed by atoms with Crippen molar-refractivity contribution in [3.8, 4) is 0 Å². The summed E-state index contributed by atoms with van der Waals surface area (Å²) in [7, 11) is 0. The number of aryl methyl sites for hydroxylation is 2. The van der Waals surface area contributed by atoms with E-state index in [1.807, 2.05) is 13.0 Å². The summed E-state index contributed by atoms with van der Waals surface area (Å²) < 4.78 is 2.11. The lowest BCUT2D eigenvalue weighted by atomic mass is 9.96. The Labute approximate surface area is 142 Å². The first-order valence-electron chi connectivity index (χ1n) is 8.87. The van der Waals surface area contributed by atoms with Crippen molar-refractivity contribution in [1.82, 2.24) is 19.7 Å². The van der Waals surface area contributed by atoms with E-state index in [-0.39, 0.29) is 12.0 Å². The topological polar surface area (TPSA) is 51.0 Å². The lowest BCUT2D eigenvalue weighted by Gasteiger charge is -2.31. The summed E-state index contributed by atoms with van der Waals surface area (Å²) in [5.41, 5.74) is 1.26. The van der Waals surface area contributed by atoms with Crippen molar-refractivity contribution in [3.05, 3.63) is 47.5 Å². The van der Waals surface area contributed by atoms with E-state index in [2.05, 4.69) is 50.9 Å². The van der Waals surface area contributed by atoms with Gasteiger partial charge >= 0.3 is 0 Å². The molecule has 1 aromatic carbocycles. The highest BCUT2D eigenvalue weighted by atomic mass is 16.2. The van der Waals surface area contributed by atoms with Crippen molar-refractivity contribution >= 4 is 5.91 Å². The van der Waals surface area contributed by atoms with E-state index in [0.717, 1.165) is 44.0 Å². The zero-order valence-corrected chi connectivity index (χ0v) is 14.4. The molecular formula is C19H24N4O. The highest BCUT2D eigenvalue weighted by Gasteiger charge is 2.38. The Morgan fingerprint density at radius 1 is 1.17 bits per heavy atom. The van der Waals surface area contributed by atoms with Gasteiger partial charge in [-0.1, -0.05) is 37.3 Å². The van der Waals surface area contributed by atoms with Crippen LogP contribution >= 0.6 is 0 Å². The third-order valence-electron chi connectivity index (χ3n) is 5.46. The normalized spacial score (nSPS) is 26.4. The molecule has 0 N–H and O–H groups in total. The van der Waals surface area contributed by atoms with Gasteiger partial charge in [0.25, 0.3) is 0 Å². The summed E-state index contributed by atoms with van der Waals surface area (Å²) >= 11 is 0. The fraction of sp³-hybridized carbons (Fsp3) is 0.526. The highest BCUT2D eigenvalue weighted by Crippen LogP contribution is 2.37. The highest BCUT2D eigenvalue weighted by molar-refractivity contribution is 5.80. The molecular weight excluding hydrogens is 300 g/mol. The Balaban J connectivity index is 1.56. The number of rotatable bonds is 2. The van der Waals surface area contributed by atoms with Crippen LogP contribution in [0.4, 0.5) is 0 Å². The number of fused-ring (bicyclic) bond motifs is 1. The predicted molar refractivity (Wildman–Crippen MR) is 91.2 cm³/mol. The van der Waals surface area contributed by atoms with E-state index < -0.39 is 0 Å². The van der Waals surface area contributed by atoms with Crippen LogP contribution in [0.5, 0.6) is 0 Å². The molecule has 2 aliphatic rings. The van der Waals surface area contributed by atoms with E-state index in [1.165, 1.54) is 5.56 Å². The Kier molecular flexibility index (Phi) is 3.87. The molecule has 0 spiro atoms. The predicted octanol–water partition coefficient (Wildman–Crippen LogP) is 2.76. The van der Waals surface area contributed by atoms with E-state index in [4.69, 9.17) is 0 Å². The average molecular weight is 324 g/mol. The minimum absolute atomic E-state index is 0.0451. The summed E-state index contributed by atoms with van der Waals surface area (Å²) in [6.45, 7) is 5.79. The Morgan fingerprint density at radius 2 is 1.96 bits per heavy atom. The second-order valence-electron chi connectivity index (χ2n) is 7.27. The van der Waals surface area contributed by atoms with Crippen LogP contribution in [0.15, 0.2) is 30.3 Å². The molecule has 3 atom stereocenters. The summed E-state index contributed by atoms with van der Waals surface area (Å²) in [4.78, 5) is 15.4. The third-order valence-corrected chi connectivity index (χ3v) is 5.46. The van der Waals surface area contributed by atoms with Crippen LogP contribution in [0.25, 0.3) is 0 Å². The fourth-order valence-corrected chi connectivity index (χ4v) is 4.18. The van der Waals surface area contributed by atoms with Crippen LogP contribution in [-0.4, -0.2) is 32.1 Å². The first-order valence-corrected chi connectivity index (χ1v) is 8.87. The molecule has 0 bridgehead atoms. The van der Waals surface area contributed by atoms with Crippen LogP contribution in [0.2, 0.25) is 0 Å². The van der Waals surface area contributed by atoms with Crippen LogP contribution in [0, 0.1) is 18.8 Å². The number of nitrogens with zero attached hydrogens (tertiary/aromatic N) is 4. The molecule has 0 radical (unpaired) electrons. The van der Waals surface area contributed by atoms with Crippen LogP contribution < -0.4 is 0 Å². The van der Waals surface area contributed by atoms with Gasteiger partial charge in [0, 0.05) is 19.5 Å². The zero-order valence-electron chi connectivity index (χ0n) is 14.4. The van der Waals surface area contributed by atoms with Gasteiger partial charge in [0.1, 0.15) is 11.6 Å². The van der Waals surface area contributed by atoms with Crippen LogP contribution in [-0.2, 0) is 17.8 Å². The number of carbonyl (C=O) groups is 1. The molecule has 1 aromatic heterocycles. The molecule has 126 valence electrons. The number of aromatic nitrogens is 3. The lowest BCUT2D eigenvalue weighted by Crippen LogP contribution is -2.39. The first-order chi connectivity index (χ1) is 11.6. The van der Waals surface area contributed by atoms with Crippen molar-refractivity contribution in [2.45, 2.75) is 45.7 Å². The molecule has 5 nitrogen and oxygen atoms in total. The Hall–Kier alpha value is -2.17. The van der Waals surface area contributed by atoms with E-state index in [9.17, 15) is 4.79 Å². The van der Waals surface area contributed by atoms with Crippen molar-refractivity contribution in [1.29, 1.82) is 0 Å². The molecule has 1 fully saturated rings. The summed E-state index contributed by atoms with van der Waals surface area (Å²) in [6.07, 6.45) is 2.78. The fourth-order valence-electron chi connectivity index (χ4n) is 4.18. The minimum atomic E-state index is 0.0451. The number of hydrogen-bond acceptors (Lipinski definition) is 3. The summed E-state index contributed by atoms with van der Waals surface area (Å²) in [5, 5.41) is 8.36. The van der Waals surface area contributed by atoms with Crippen molar-refractivity contribution in [2.24, 2.45) is 11.8 Å². The van der Waals surface area contributed by atoms with Gasteiger partial charge in [0.15, 0.2) is 0 Å². The van der Waals surface area contributed by atoms with Crippen molar-refractivity contribution < 1.29 is 4.79 Å². The van der Waals surface area contributed by atoms with E-state index >= 15 is 0 Å². The molecule has 2 aliphatic heterocycles. The van der Waals surface area contributed by atoms with Crippen LogP contribution in [0.1, 0.15) is 43.0 Å². The Morgan fingerprint density at radius 3 is 2.75 bits per heavy atom. The molecule has 1 saturated heterocycles.